The molecular weight excluding hydrogens is 410 g/mol. The van der Waals surface area contributed by atoms with E-state index in [9.17, 15) is 0 Å². The van der Waals surface area contributed by atoms with E-state index in [1.165, 1.54) is 47.2 Å². The molecule has 4 nitrogen and oxygen atoms in total. The van der Waals surface area contributed by atoms with E-state index in [0.29, 0.717) is 11.1 Å². The van der Waals surface area contributed by atoms with Crippen molar-refractivity contribution in [1.82, 2.24) is 9.97 Å². The second-order valence-electron chi connectivity index (χ2n) is 7.95. The van der Waals surface area contributed by atoms with E-state index in [4.69, 9.17) is 4.74 Å². The molecule has 2 aromatic carbocycles. The van der Waals surface area contributed by atoms with Crippen molar-refractivity contribution in [1.29, 1.82) is 0 Å². The van der Waals surface area contributed by atoms with Crippen molar-refractivity contribution in [3.63, 3.8) is 0 Å². The van der Waals surface area contributed by atoms with Crippen LogP contribution in [0.2, 0.25) is 0 Å². The molecule has 0 bridgehead atoms. The number of nitrogens with zero attached hydrogens (tertiary/aromatic N) is 2. The summed E-state index contributed by atoms with van der Waals surface area (Å²) in [6.45, 7) is 1.04. The Morgan fingerprint density at radius 1 is 1.07 bits per heavy atom. The third-order valence-corrected chi connectivity index (χ3v) is 7.89. The molecule has 0 radical (unpaired) electrons. The summed E-state index contributed by atoms with van der Waals surface area (Å²) in [5.41, 5.74) is 6.92. The fourth-order valence-corrected chi connectivity index (χ4v) is 5.75. The number of methoxy groups -OCH3 is 1. The van der Waals surface area contributed by atoms with Gasteiger partial charge in [-0.25, -0.2) is 9.97 Å². The first-order valence-corrected chi connectivity index (χ1v) is 12.2. The van der Waals surface area contributed by atoms with Crippen molar-refractivity contribution in [2.24, 2.45) is 5.92 Å². The Hall–Kier alpha value is -2.44. The summed E-state index contributed by atoms with van der Waals surface area (Å²) in [6.07, 6.45) is 6.97. The molecule has 1 saturated carbocycles. The number of fused-ring (bicyclic) bond motifs is 1. The number of hydrogen-bond acceptors (Lipinski definition) is 6. The lowest BCUT2D eigenvalue weighted by Crippen LogP contribution is -2.20. The molecule has 0 aliphatic heterocycles. The third-order valence-electron chi connectivity index (χ3n) is 6.07. The predicted molar refractivity (Wildman–Crippen MR) is 127 cm³/mol. The van der Waals surface area contributed by atoms with Gasteiger partial charge in [0, 0.05) is 18.4 Å². The molecule has 0 unspecified atom stereocenters. The number of benzene rings is 2. The summed E-state index contributed by atoms with van der Waals surface area (Å²) in [5.74, 6) is 1.41. The topological polar surface area (TPSA) is 47.0 Å². The normalized spacial score (nSPS) is 19.1. The summed E-state index contributed by atoms with van der Waals surface area (Å²) in [5, 5.41) is 4.37. The van der Waals surface area contributed by atoms with E-state index in [2.05, 4.69) is 57.7 Å². The summed E-state index contributed by atoms with van der Waals surface area (Å²) in [7, 11) is 1.66. The average molecular weight is 436 g/mol. The summed E-state index contributed by atoms with van der Waals surface area (Å²) >= 11 is 3.30. The van der Waals surface area contributed by atoms with E-state index >= 15 is 0 Å². The molecule has 30 heavy (non-hydrogen) atoms. The van der Waals surface area contributed by atoms with Gasteiger partial charge in [-0.05, 0) is 72.9 Å². The average Bonchev–Trinajstić information content (AvgIpc) is 3.47. The van der Waals surface area contributed by atoms with Crippen molar-refractivity contribution in [3.05, 3.63) is 59.7 Å². The van der Waals surface area contributed by atoms with Crippen LogP contribution >= 0.6 is 22.7 Å². The number of rotatable bonds is 6. The quantitative estimate of drug-likeness (QED) is 0.361. The molecule has 4 aromatic rings. The van der Waals surface area contributed by atoms with Crippen LogP contribution in [0.15, 0.2) is 54.2 Å². The fourth-order valence-electron chi connectivity index (χ4n) is 4.36. The van der Waals surface area contributed by atoms with Crippen LogP contribution in [0.1, 0.15) is 37.2 Å². The van der Waals surface area contributed by atoms with Gasteiger partial charge in [0.05, 0.1) is 27.7 Å². The smallest absolute Gasteiger partial charge is 0.273 e. The van der Waals surface area contributed by atoms with Gasteiger partial charge in [0.25, 0.3) is 5.19 Å². The fraction of sp³-hybridized carbons (Fsp3) is 0.333. The van der Waals surface area contributed by atoms with Crippen molar-refractivity contribution in [3.8, 4) is 15.6 Å². The second kappa shape index (κ2) is 8.74. The van der Waals surface area contributed by atoms with Crippen LogP contribution in [0.4, 0.5) is 5.69 Å². The molecule has 6 heteroatoms. The largest absolute Gasteiger partial charge is 0.473 e. The van der Waals surface area contributed by atoms with Gasteiger partial charge in [0.1, 0.15) is 0 Å². The van der Waals surface area contributed by atoms with Gasteiger partial charge in [-0.1, -0.05) is 29.5 Å². The first kappa shape index (κ1) is 19.5. The van der Waals surface area contributed by atoms with E-state index in [0.717, 1.165) is 22.9 Å². The first-order valence-electron chi connectivity index (χ1n) is 10.5. The zero-order chi connectivity index (χ0) is 20.3. The molecule has 0 amide bonds. The molecule has 2 heterocycles. The van der Waals surface area contributed by atoms with E-state index < -0.39 is 0 Å². The number of nitrogens with one attached hydrogen (secondary N) is 1. The molecule has 0 atom stereocenters. The molecule has 0 spiro atoms. The molecule has 1 N–H and O–H groups in total. The molecule has 154 valence electrons. The Balaban J connectivity index is 1.16. The van der Waals surface area contributed by atoms with E-state index in [-0.39, 0.29) is 0 Å². The lowest BCUT2D eigenvalue weighted by molar-refractivity contribution is 0.338. The summed E-state index contributed by atoms with van der Waals surface area (Å²) in [4.78, 5) is 9.90. The van der Waals surface area contributed by atoms with Gasteiger partial charge < -0.3 is 10.1 Å². The molecule has 1 fully saturated rings. The number of anilines is 1. The minimum absolute atomic E-state index is 0.678. The third kappa shape index (κ3) is 4.20. The Bertz CT molecular complexity index is 1130. The van der Waals surface area contributed by atoms with Crippen LogP contribution in [0.25, 0.3) is 20.7 Å². The van der Waals surface area contributed by atoms with Gasteiger partial charge in [-0.3, -0.25) is 0 Å². The van der Waals surface area contributed by atoms with Crippen molar-refractivity contribution >= 4 is 38.6 Å². The SMILES string of the molecule is COc1ncc(-c2cccc(NC[C@H]3CC[C@H](c4ccc5scnc5c4)CC3)c2)s1. The molecular formula is C24H25N3OS2. The van der Waals surface area contributed by atoms with Gasteiger partial charge in [-0.15, -0.1) is 11.3 Å². The molecule has 2 aromatic heterocycles. The second-order valence-corrected chi connectivity index (χ2v) is 9.83. The molecule has 1 aliphatic carbocycles. The highest BCUT2D eigenvalue weighted by Gasteiger charge is 2.22. The molecule has 0 saturated heterocycles. The lowest BCUT2D eigenvalue weighted by atomic mass is 9.78. The van der Waals surface area contributed by atoms with Crippen molar-refractivity contribution in [2.75, 3.05) is 19.0 Å². The molecule has 5 rings (SSSR count). The Labute approximate surface area is 185 Å². The Morgan fingerprint density at radius 2 is 1.97 bits per heavy atom. The standard InChI is InChI=1S/C24H25N3OS2/c1-28-24-26-14-23(30-24)19-3-2-4-20(11-19)25-13-16-5-7-17(8-6-16)18-9-10-22-21(12-18)27-15-29-22/h2-4,9-12,14-17,25H,5-8,13H2,1H3/t16-,17-. The maximum absolute atomic E-state index is 5.22. The predicted octanol–water partition coefficient (Wildman–Crippen LogP) is 6.81. The van der Waals surface area contributed by atoms with Gasteiger partial charge >= 0.3 is 0 Å². The zero-order valence-corrected chi connectivity index (χ0v) is 18.6. The lowest BCUT2D eigenvalue weighted by Gasteiger charge is -2.29. The maximum Gasteiger partial charge on any atom is 0.273 e. The molecule has 1 aliphatic rings. The zero-order valence-electron chi connectivity index (χ0n) is 17.0. The summed E-state index contributed by atoms with van der Waals surface area (Å²) in [6, 6.07) is 15.4. The highest BCUT2D eigenvalue weighted by Crippen LogP contribution is 2.37. The highest BCUT2D eigenvalue weighted by atomic mass is 32.1. The Kier molecular flexibility index (Phi) is 5.69. The van der Waals surface area contributed by atoms with Gasteiger partial charge in [0.2, 0.25) is 0 Å². The highest BCUT2D eigenvalue weighted by molar-refractivity contribution is 7.17. The number of thiazole rings is 2. The monoisotopic (exact) mass is 435 g/mol. The van der Waals surface area contributed by atoms with Crippen LogP contribution in [0, 0.1) is 5.92 Å². The van der Waals surface area contributed by atoms with Crippen LogP contribution in [-0.2, 0) is 0 Å². The Morgan fingerprint density at radius 3 is 2.80 bits per heavy atom. The van der Waals surface area contributed by atoms with Crippen molar-refractivity contribution < 1.29 is 4.74 Å². The van der Waals surface area contributed by atoms with Gasteiger partial charge in [-0.2, -0.15) is 0 Å². The van der Waals surface area contributed by atoms with Crippen molar-refractivity contribution in [2.45, 2.75) is 31.6 Å². The maximum atomic E-state index is 5.22. The van der Waals surface area contributed by atoms with Crippen LogP contribution in [-0.4, -0.2) is 23.6 Å². The summed E-state index contributed by atoms with van der Waals surface area (Å²) < 4.78 is 6.51. The van der Waals surface area contributed by atoms with Crippen LogP contribution < -0.4 is 10.1 Å². The van der Waals surface area contributed by atoms with E-state index in [1.54, 1.807) is 29.8 Å². The number of aromatic nitrogens is 2. The van der Waals surface area contributed by atoms with E-state index in [1.807, 2.05) is 11.7 Å². The minimum Gasteiger partial charge on any atom is -0.473 e. The van der Waals surface area contributed by atoms with Crippen LogP contribution in [0.5, 0.6) is 5.19 Å². The first-order chi connectivity index (χ1) is 14.8. The minimum atomic E-state index is 0.678. The number of hydrogen-bond donors (Lipinski definition) is 1. The number of ether oxygens (including phenoxy) is 1. The van der Waals surface area contributed by atoms with Crippen LogP contribution in [0.3, 0.4) is 0 Å². The van der Waals surface area contributed by atoms with Gasteiger partial charge in [0.15, 0.2) is 0 Å².